The number of aliphatic hydroxyl groups excluding tert-OH is 1. The smallest absolute Gasteiger partial charge is 0.234 e. The molecular weight excluding hydrogens is 284 g/mol. The number of rotatable bonds is 2. The van der Waals surface area contributed by atoms with Crippen molar-refractivity contribution in [3.8, 4) is 5.69 Å². The van der Waals surface area contributed by atoms with Gasteiger partial charge in [0, 0.05) is 0 Å². The third-order valence-electron chi connectivity index (χ3n) is 2.16. The zero-order chi connectivity index (χ0) is 12.5. The molecule has 1 aromatic carbocycles. The van der Waals surface area contributed by atoms with E-state index in [4.69, 9.17) is 39.9 Å². The van der Waals surface area contributed by atoms with Crippen LogP contribution in [0.5, 0.6) is 0 Å². The molecule has 0 bridgehead atoms. The molecular formula is C10H8Cl3N3O. The summed E-state index contributed by atoms with van der Waals surface area (Å²) in [5, 5.41) is 16.8. The van der Waals surface area contributed by atoms with Crippen LogP contribution in [0.25, 0.3) is 5.69 Å². The minimum atomic E-state index is -1.70. The fourth-order valence-corrected chi connectivity index (χ4v) is 2.02. The van der Waals surface area contributed by atoms with Gasteiger partial charge in [-0.15, -0.1) is 5.10 Å². The van der Waals surface area contributed by atoms with Crippen molar-refractivity contribution in [2.75, 3.05) is 0 Å². The maximum Gasteiger partial charge on any atom is 0.234 e. The number of aliphatic hydroxyl groups is 1. The highest BCUT2D eigenvalue weighted by atomic mass is 35.6. The third kappa shape index (κ3) is 2.55. The lowest BCUT2D eigenvalue weighted by Crippen LogP contribution is -2.12. The Morgan fingerprint density at radius 1 is 1.18 bits per heavy atom. The number of para-hydroxylation sites is 1. The molecule has 0 saturated heterocycles. The molecule has 17 heavy (non-hydrogen) atoms. The van der Waals surface area contributed by atoms with E-state index in [1.54, 1.807) is 12.1 Å². The molecule has 0 fully saturated rings. The average molecular weight is 293 g/mol. The van der Waals surface area contributed by atoms with Gasteiger partial charge in [-0.05, 0) is 12.1 Å². The molecule has 0 aliphatic rings. The predicted molar refractivity (Wildman–Crippen MR) is 66.5 cm³/mol. The van der Waals surface area contributed by atoms with Crippen LogP contribution in [0, 0.1) is 0 Å². The van der Waals surface area contributed by atoms with E-state index < -0.39 is 3.79 Å². The van der Waals surface area contributed by atoms with Crippen LogP contribution in [0.3, 0.4) is 0 Å². The summed E-state index contributed by atoms with van der Waals surface area (Å²) in [6.45, 7) is -0.337. The fraction of sp³-hybridized carbons (Fsp3) is 0.200. The summed E-state index contributed by atoms with van der Waals surface area (Å²) in [6.07, 6.45) is 0. The van der Waals surface area contributed by atoms with Gasteiger partial charge in [-0.2, -0.15) is 0 Å². The van der Waals surface area contributed by atoms with Gasteiger partial charge in [0.15, 0.2) is 0 Å². The Morgan fingerprint density at radius 2 is 1.82 bits per heavy atom. The lowest BCUT2D eigenvalue weighted by atomic mass is 10.3. The van der Waals surface area contributed by atoms with Gasteiger partial charge >= 0.3 is 0 Å². The molecule has 0 aliphatic carbocycles. The molecule has 2 rings (SSSR count). The maximum absolute atomic E-state index is 9.15. The first-order valence-corrected chi connectivity index (χ1v) is 5.85. The van der Waals surface area contributed by atoms with Crippen molar-refractivity contribution in [2.24, 2.45) is 0 Å². The van der Waals surface area contributed by atoms with E-state index in [2.05, 4.69) is 10.3 Å². The van der Waals surface area contributed by atoms with Crippen molar-refractivity contribution in [2.45, 2.75) is 10.4 Å². The van der Waals surface area contributed by atoms with Crippen LogP contribution < -0.4 is 0 Å². The zero-order valence-electron chi connectivity index (χ0n) is 8.52. The Morgan fingerprint density at radius 3 is 2.35 bits per heavy atom. The lowest BCUT2D eigenvalue weighted by Gasteiger charge is -2.14. The van der Waals surface area contributed by atoms with Gasteiger partial charge in [-0.3, -0.25) is 0 Å². The largest absolute Gasteiger partial charge is 0.390 e. The van der Waals surface area contributed by atoms with Gasteiger partial charge in [0.2, 0.25) is 3.79 Å². The standard InChI is InChI=1S/C10H8Cl3N3O/c11-10(12,13)9-8(6-17)14-15-16(9)7-4-2-1-3-5-7/h1-5,17H,6H2. The number of benzene rings is 1. The van der Waals surface area contributed by atoms with Gasteiger partial charge in [0.1, 0.15) is 11.4 Å². The second kappa shape index (κ2) is 4.82. The van der Waals surface area contributed by atoms with Crippen LogP contribution in [-0.4, -0.2) is 20.1 Å². The van der Waals surface area contributed by atoms with Crippen molar-refractivity contribution in [1.82, 2.24) is 15.0 Å². The van der Waals surface area contributed by atoms with E-state index in [-0.39, 0.29) is 18.0 Å². The highest BCUT2D eigenvalue weighted by molar-refractivity contribution is 6.66. The molecule has 0 atom stereocenters. The molecule has 1 heterocycles. The van der Waals surface area contributed by atoms with Crippen LogP contribution in [0.1, 0.15) is 11.4 Å². The number of nitrogens with zero attached hydrogens (tertiary/aromatic N) is 3. The molecule has 0 unspecified atom stereocenters. The minimum Gasteiger partial charge on any atom is -0.390 e. The number of hydrogen-bond acceptors (Lipinski definition) is 3. The van der Waals surface area contributed by atoms with Crippen molar-refractivity contribution in [3.63, 3.8) is 0 Å². The first-order valence-electron chi connectivity index (χ1n) is 4.72. The first-order chi connectivity index (χ1) is 8.04. The molecule has 0 radical (unpaired) electrons. The third-order valence-corrected chi connectivity index (χ3v) is 2.70. The summed E-state index contributed by atoms with van der Waals surface area (Å²) in [7, 11) is 0. The van der Waals surface area contributed by atoms with E-state index >= 15 is 0 Å². The summed E-state index contributed by atoms with van der Waals surface area (Å²) in [4.78, 5) is 0. The highest BCUT2D eigenvalue weighted by Crippen LogP contribution is 2.40. The fourth-order valence-electron chi connectivity index (χ4n) is 1.45. The SMILES string of the molecule is OCc1nnn(-c2ccccc2)c1C(Cl)(Cl)Cl. The van der Waals surface area contributed by atoms with Gasteiger partial charge < -0.3 is 5.11 Å². The van der Waals surface area contributed by atoms with Crippen molar-refractivity contribution in [1.29, 1.82) is 0 Å². The molecule has 7 heteroatoms. The minimum absolute atomic E-state index is 0.244. The van der Waals surface area contributed by atoms with E-state index in [0.29, 0.717) is 5.69 Å². The summed E-state index contributed by atoms with van der Waals surface area (Å²) in [6, 6.07) is 9.13. The summed E-state index contributed by atoms with van der Waals surface area (Å²) in [5.41, 5.74) is 1.20. The van der Waals surface area contributed by atoms with E-state index in [9.17, 15) is 0 Å². The van der Waals surface area contributed by atoms with E-state index in [1.807, 2.05) is 18.2 Å². The molecule has 90 valence electrons. The Labute approximate surface area is 113 Å². The van der Waals surface area contributed by atoms with Crippen LogP contribution in [0.2, 0.25) is 0 Å². The monoisotopic (exact) mass is 291 g/mol. The molecule has 0 aliphatic heterocycles. The number of aromatic nitrogens is 3. The maximum atomic E-state index is 9.15. The summed E-state index contributed by atoms with van der Waals surface area (Å²) < 4.78 is -0.296. The van der Waals surface area contributed by atoms with E-state index in [0.717, 1.165) is 0 Å². The molecule has 0 spiro atoms. The van der Waals surface area contributed by atoms with Gasteiger partial charge in [-0.1, -0.05) is 58.2 Å². The second-order valence-corrected chi connectivity index (χ2v) is 5.57. The molecule has 0 saturated carbocycles. The molecule has 1 N–H and O–H groups in total. The zero-order valence-corrected chi connectivity index (χ0v) is 10.8. The molecule has 2 aromatic rings. The van der Waals surface area contributed by atoms with Gasteiger partial charge in [-0.25, -0.2) is 4.68 Å². The number of halogens is 3. The number of hydrogen-bond donors (Lipinski definition) is 1. The molecule has 0 amide bonds. The first kappa shape index (κ1) is 12.6. The summed E-state index contributed by atoms with van der Waals surface area (Å²) >= 11 is 17.6. The van der Waals surface area contributed by atoms with E-state index in [1.165, 1.54) is 4.68 Å². The quantitative estimate of drug-likeness (QED) is 0.866. The van der Waals surface area contributed by atoms with Crippen molar-refractivity contribution >= 4 is 34.8 Å². The number of alkyl halides is 3. The topological polar surface area (TPSA) is 50.9 Å². The average Bonchev–Trinajstić information content (AvgIpc) is 2.73. The normalized spacial score (nSPS) is 11.8. The van der Waals surface area contributed by atoms with Gasteiger partial charge in [0.05, 0.1) is 12.3 Å². The predicted octanol–water partition coefficient (Wildman–Crippen LogP) is 2.59. The van der Waals surface area contributed by atoms with Crippen LogP contribution in [-0.2, 0) is 10.4 Å². The Kier molecular flexibility index (Phi) is 3.58. The Balaban J connectivity index is 2.60. The van der Waals surface area contributed by atoms with Crippen LogP contribution >= 0.6 is 34.8 Å². The van der Waals surface area contributed by atoms with Crippen LogP contribution in [0.15, 0.2) is 30.3 Å². The van der Waals surface area contributed by atoms with Gasteiger partial charge in [0.25, 0.3) is 0 Å². The Hall–Kier alpha value is -0.810. The Bertz CT molecular complexity index is 507. The highest BCUT2D eigenvalue weighted by Gasteiger charge is 2.32. The van der Waals surface area contributed by atoms with Crippen molar-refractivity contribution < 1.29 is 5.11 Å². The second-order valence-electron chi connectivity index (χ2n) is 3.29. The summed E-state index contributed by atoms with van der Waals surface area (Å²) in [5.74, 6) is 0. The molecule has 4 nitrogen and oxygen atoms in total. The van der Waals surface area contributed by atoms with Crippen molar-refractivity contribution in [3.05, 3.63) is 41.7 Å². The van der Waals surface area contributed by atoms with Crippen LogP contribution in [0.4, 0.5) is 0 Å². The lowest BCUT2D eigenvalue weighted by molar-refractivity contribution is 0.275. The molecule has 1 aromatic heterocycles.